The molecule has 0 aliphatic heterocycles. The third kappa shape index (κ3) is 3.61. The van der Waals surface area contributed by atoms with Gasteiger partial charge in [-0.25, -0.2) is 0 Å². The van der Waals surface area contributed by atoms with Crippen molar-refractivity contribution in [3.8, 4) is 11.3 Å². The standard InChI is InChI=1S/C21H23N3O2/c1-21(2,20(22)26)14-23-19(25)13-24-17-11-7-6-10-16(17)12-18(24)15-8-4-3-5-9-15/h3-12H,13-14H2,1-2H3,(H2,22,26)(H,23,25). The number of hydrogen-bond acceptors (Lipinski definition) is 2. The Kier molecular flexibility index (Phi) is 4.80. The molecule has 26 heavy (non-hydrogen) atoms. The first-order chi connectivity index (χ1) is 12.4. The van der Waals surface area contributed by atoms with Gasteiger partial charge in [0.05, 0.1) is 5.41 Å². The Morgan fingerprint density at radius 3 is 2.38 bits per heavy atom. The number of amides is 2. The number of benzene rings is 2. The molecule has 5 heteroatoms. The van der Waals surface area contributed by atoms with Crippen molar-refractivity contribution in [3.63, 3.8) is 0 Å². The van der Waals surface area contributed by atoms with E-state index < -0.39 is 11.3 Å². The average molecular weight is 349 g/mol. The van der Waals surface area contributed by atoms with Gasteiger partial charge in [-0.3, -0.25) is 9.59 Å². The molecular weight excluding hydrogens is 326 g/mol. The smallest absolute Gasteiger partial charge is 0.239 e. The highest BCUT2D eigenvalue weighted by Crippen LogP contribution is 2.28. The van der Waals surface area contributed by atoms with Crippen molar-refractivity contribution in [2.75, 3.05) is 6.54 Å². The Hall–Kier alpha value is -3.08. The molecule has 0 saturated carbocycles. The van der Waals surface area contributed by atoms with Gasteiger partial charge in [-0.2, -0.15) is 0 Å². The van der Waals surface area contributed by atoms with E-state index in [-0.39, 0.29) is 19.0 Å². The highest BCUT2D eigenvalue weighted by Gasteiger charge is 2.25. The van der Waals surface area contributed by atoms with Crippen LogP contribution in [0.5, 0.6) is 0 Å². The summed E-state index contributed by atoms with van der Waals surface area (Å²) in [6.07, 6.45) is 0. The van der Waals surface area contributed by atoms with Crippen molar-refractivity contribution < 1.29 is 9.59 Å². The van der Waals surface area contributed by atoms with E-state index in [1.807, 2.05) is 59.2 Å². The monoisotopic (exact) mass is 349 g/mol. The van der Waals surface area contributed by atoms with Crippen LogP contribution in [0.2, 0.25) is 0 Å². The van der Waals surface area contributed by atoms with Crippen LogP contribution in [-0.4, -0.2) is 22.9 Å². The first-order valence-corrected chi connectivity index (χ1v) is 8.59. The van der Waals surface area contributed by atoms with Crippen LogP contribution >= 0.6 is 0 Å². The maximum atomic E-state index is 12.5. The lowest BCUT2D eigenvalue weighted by atomic mass is 9.93. The molecule has 0 bridgehead atoms. The van der Waals surface area contributed by atoms with Crippen molar-refractivity contribution in [1.82, 2.24) is 9.88 Å². The molecule has 0 atom stereocenters. The Labute approximate surface area is 152 Å². The number of aromatic nitrogens is 1. The van der Waals surface area contributed by atoms with Crippen LogP contribution < -0.4 is 11.1 Å². The summed E-state index contributed by atoms with van der Waals surface area (Å²) in [5.41, 5.74) is 7.62. The zero-order valence-electron chi connectivity index (χ0n) is 15.0. The topological polar surface area (TPSA) is 77.1 Å². The van der Waals surface area contributed by atoms with Crippen LogP contribution in [0, 0.1) is 5.41 Å². The van der Waals surface area contributed by atoms with Crippen molar-refractivity contribution in [1.29, 1.82) is 0 Å². The van der Waals surface area contributed by atoms with Gasteiger partial charge in [-0.1, -0.05) is 48.5 Å². The third-order valence-electron chi connectivity index (χ3n) is 4.58. The number of para-hydroxylation sites is 1. The first kappa shape index (κ1) is 17.7. The number of nitrogens with two attached hydrogens (primary N) is 1. The van der Waals surface area contributed by atoms with Gasteiger partial charge in [0.15, 0.2) is 0 Å². The quantitative estimate of drug-likeness (QED) is 0.718. The number of nitrogens with one attached hydrogen (secondary N) is 1. The highest BCUT2D eigenvalue weighted by atomic mass is 16.2. The molecule has 3 N–H and O–H groups in total. The van der Waals surface area contributed by atoms with E-state index >= 15 is 0 Å². The minimum absolute atomic E-state index is 0.155. The van der Waals surface area contributed by atoms with Crippen LogP contribution in [-0.2, 0) is 16.1 Å². The summed E-state index contributed by atoms with van der Waals surface area (Å²) in [7, 11) is 0. The number of nitrogens with zero attached hydrogens (tertiary/aromatic N) is 1. The Morgan fingerprint density at radius 1 is 1.04 bits per heavy atom. The molecule has 0 fully saturated rings. The van der Waals surface area contributed by atoms with E-state index in [1.54, 1.807) is 13.8 Å². The Bertz CT molecular complexity index is 942. The summed E-state index contributed by atoms with van der Waals surface area (Å²) >= 11 is 0. The van der Waals surface area contributed by atoms with Gasteiger partial charge in [0.1, 0.15) is 6.54 Å². The summed E-state index contributed by atoms with van der Waals surface area (Å²) in [5, 5.41) is 3.91. The predicted octanol–water partition coefficient (Wildman–Crippen LogP) is 2.94. The summed E-state index contributed by atoms with van der Waals surface area (Å²) in [4.78, 5) is 24.0. The first-order valence-electron chi connectivity index (χ1n) is 8.59. The summed E-state index contributed by atoms with van der Waals surface area (Å²) in [5.74, 6) is -0.591. The summed E-state index contributed by atoms with van der Waals surface area (Å²) in [6, 6.07) is 20.0. The molecular formula is C21H23N3O2. The van der Waals surface area contributed by atoms with Gasteiger partial charge >= 0.3 is 0 Å². The van der Waals surface area contributed by atoms with Crippen LogP contribution in [0.1, 0.15) is 13.8 Å². The Morgan fingerprint density at radius 2 is 1.69 bits per heavy atom. The molecule has 0 radical (unpaired) electrons. The molecule has 0 aliphatic rings. The zero-order valence-corrected chi connectivity index (χ0v) is 15.0. The fourth-order valence-corrected chi connectivity index (χ4v) is 2.83. The van der Waals surface area contributed by atoms with E-state index in [0.717, 1.165) is 22.2 Å². The number of hydrogen-bond donors (Lipinski definition) is 2. The molecule has 2 aromatic carbocycles. The van der Waals surface area contributed by atoms with Crippen molar-refractivity contribution in [3.05, 3.63) is 60.7 Å². The molecule has 0 aliphatic carbocycles. The molecule has 3 rings (SSSR count). The lowest BCUT2D eigenvalue weighted by molar-refractivity contribution is -0.127. The second-order valence-corrected chi connectivity index (χ2v) is 7.07. The van der Waals surface area contributed by atoms with Crippen molar-refractivity contribution in [2.24, 2.45) is 11.1 Å². The predicted molar refractivity (Wildman–Crippen MR) is 103 cm³/mol. The average Bonchev–Trinajstić information content (AvgIpc) is 2.99. The van der Waals surface area contributed by atoms with Gasteiger partial charge in [0.2, 0.25) is 11.8 Å². The molecule has 2 amide bonds. The van der Waals surface area contributed by atoms with E-state index in [2.05, 4.69) is 11.4 Å². The minimum Gasteiger partial charge on any atom is -0.369 e. The molecule has 1 aromatic heterocycles. The zero-order chi connectivity index (χ0) is 18.7. The molecule has 0 spiro atoms. The summed E-state index contributed by atoms with van der Waals surface area (Å²) < 4.78 is 2.00. The van der Waals surface area contributed by atoms with Gasteiger partial charge in [0, 0.05) is 23.1 Å². The fourth-order valence-electron chi connectivity index (χ4n) is 2.83. The number of carbonyl (C=O) groups is 2. The lowest BCUT2D eigenvalue weighted by Gasteiger charge is -2.21. The molecule has 134 valence electrons. The maximum Gasteiger partial charge on any atom is 0.239 e. The Balaban J connectivity index is 1.89. The van der Waals surface area contributed by atoms with Crippen LogP contribution in [0.25, 0.3) is 22.2 Å². The molecule has 3 aromatic rings. The fraction of sp³-hybridized carbons (Fsp3) is 0.238. The summed E-state index contributed by atoms with van der Waals surface area (Å²) in [6.45, 7) is 3.82. The van der Waals surface area contributed by atoms with Crippen molar-refractivity contribution in [2.45, 2.75) is 20.4 Å². The number of rotatable bonds is 6. The highest BCUT2D eigenvalue weighted by molar-refractivity contribution is 5.89. The second-order valence-electron chi connectivity index (χ2n) is 7.07. The number of carbonyl (C=O) groups excluding carboxylic acids is 2. The maximum absolute atomic E-state index is 12.5. The van der Waals surface area contributed by atoms with Gasteiger partial charge in [0.25, 0.3) is 0 Å². The van der Waals surface area contributed by atoms with Crippen molar-refractivity contribution >= 4 is 22.7 Å². The van der Waals surface area contributed by atoms with E-state index in [9.17, 15) is 9.59 Å². The minimum atomic E-state index is -0.781. The van der Waals surface area contributed by atoms with Crippen LogP contribution in [0.4, 0.5) is 0 Å². The molecule has 5 nitrogen and oxygen atoms in total. The van der Waals surface area contributed by atoms with Crippen LogP contribution in [0.3, 0.4) is 0 Å². The second kappa shape index (κ2) is 7.04. The van der Waals surface area contributed by atoms with E-state index in [1.165, 1.54) is 0 Å². The van der Waals surface area contributed by atoms with E-state index in [0.29, 0.717) is 0 Å². The molecule has 0 saturated heterocycles. The molecule has 1 heterocycles. The number of fused-ring (bicyclic) bond motifs is 1. The lowest BCUT2D eigenvalue weighted by Crippen LogP contribution is -2.43. The number of primary amides is 1. The SMILES string of the molecule is CC(C)(CNC(=O)Cn1c(-c2ccccc2)cc2ccccc21)C(N)=O. The third-order valence-corrected chi connectivity index (χ3v) is 4.58. The van der Waals surface area contributed by atoms with Gasteiger partial charge in [-0.15, -0.1) is 0 Å². The van der Waals surface area contributed by atoms with E-state index in [4.69, 9.17) is 5.73 Å². The van der Waals surface area contributed by atoms with Gasteiger partial charge < -0.3 is 15.6 Å². The normalized spacial score (nSPS) is 11.5. The largest absolute Gasteiger partial charge is 0.369 e. The van der Waals surface area contributed by atoms with Crippen LogP contribution in [0.15, 0.2) is 60.7 Å². The molecule has 0 unspecified atom stereocenters. The van der Waals surface area contributed by atoms with Gasteiger partial charge in [-0.05, 0) is 31.5 Å².